The molecule has 0 fully saturated rings. The predicted octanol–water partition coefficient (Wildman–Crippen LogP) is 1.42. The zero-order valence-corrected chi connectivity index (χ0v) is 10.2. The zero-order valence-electron chi connectivity index (χ0n) is 10.2. The lowest BCUT2D eigenvalue weighted by molar-refractivity contribution is 0.0707. The molecule has 0 spiro atoms. The fraction of sp³-hybridized carbons (Fsp3) is 0.308. The number of aromatic nitrogens is 3. The van der Waals surface area contributed by atoms with E-state index in [-0.39, 0.29) is 5.91 Å². The lowest BCUT2D eigenvalue weighted by Crippen LogP contribution is -2.40. The van der Waals surface area contributed by atoms with E-state index in [4.69, 9.17) is 0 Å². The molecule has 18 heavy (non-hydrogen) atoms. The van der Waals surface area contributed by atoms with Crippen LogP contribution < -0.4 is 0 Å². The van der Waals surface area contributed by atoms with Crippen molar-refractivity contribution in [2.45, 2.75) is 13.5 Å². The standard InChI is InChI=1S/C13H14N4O/c1-2-16-8-9-17-11(10-6-4-3-5-7-10)14-15-12(17)13(16)18/h3-7H,2,8-9H2,1H3. The van der Waals surface area contributed by atoms with Gasteiger partial charge in [-0.3, -0.25) is 4.79 Å². The predicted molar refractivity (Wildman–Crippen MR) is 67.0 cm³/mol. The van der Waals surface area contributed by atoms with Crippen molar-refractivity contribution < 1.29 is 4.79 Å². The minimum atomic E-state index is -0.0292. The summed E-state index contributed by atoms with van der Waals surface area (Å²) < 4.78 is 1.91. The summed E-state index contributed by atoms with van der Waals surface area (Å²) in [4.78, 5) is 13.9. The fourth-order valence-electron chi connectivity index (χ4n) is 2.24. The maximum absolute atomic E-state index is 12.1. The van der Waals surface area contributed by atoms with Gasteiger partial charge in [-0.2, -0.15) is 0 Å². The van der Waals surface area contributed by atoms with E-state index in [1.165, 1.54) is 0 Å². The Morgan fingerprint density at radius 2 is 1.83 bits per heavy atom. The van der Waals surface area contributed by atoms with Crippen LogP contribution in [0.2, 0.25) is 0 Å². The molecule has 0 saturated carbocycles. The molecule has 1 aromatic carbocycles. The van der Waals surface area contributed by atoms with E-state index in [2.05, 4.69) is 10.2 Å². The smallest absolute Gasteiger partial charge is 0.291 e. The monoisotopic (exact) mass is 242 g/mol. The molecule has 0 radical (unpaired) electrons. The van der Waals surface area contributed by atoms with Crippen molar-refractivity contribution in [1.29, 1.82) is 0 Å². The topological polar surface area (TPSA) is 51.0 Å². The Labute approximate surface area is 105 Å². The largest absolute Gasteiger partial charge is 0.334 e. The highest BCUT2D eigenvalue weighted by Gasteiger charge is 2.28. The molecule has 1 aliphatic heterocycles. The number of carbonyl (C=O) groups excluding carboxylic acids is 1. The van der Waals surface area contributed by atoms with Gasteiger partial charge in [-0.25, -0.2) is 0 Å². The summed E-state index contributed by atoms with van der Waals surface area (Å²) in [6.07, 6.45) is 0. The molecule has 0 N–H and O–H groups in total. The Kier molecular flexibility index (Phi) is 2.59. The lowest BCUT2D eigenvalue weighted by Gasteiger charge is -2.26. The van der Waals surface area contributed by atoms with Gasteiger partial charge in [0.15, 0.2) is 5.82 Å². The molecule has 0 aliphatic carbocycles. The van der Waals surface area contributed by atoms with Crippen molar-refractivity contribution in [3.63, 3.8) is 0 Å². The first-order valence-electron chi connectivity index (χ1n) is 6.09. The van der Waals surface area contributed by atoms with Gasteiger partial charge in [-0.15, -0.1) is 10.2 Å². The molecule has 92 valence electrons. The van der Waals surface area contributed by atoms with Crippen LogP contribution in [-0.2, 0) is 6.54 Å². The quantitative estimate of drug-likeness (QED) is 0.800. The average Bonchev–Trinajstić information content (AvgIpc) is 2.85. The highest BCUT2D eigenvalue weighted by molar-refractivity contribution is 5.92. The highest BCUT2D eigenvalue weighted by atomic mass is 16.2. The summed E-state index contributed by atoms with van der Waals surface area (Å²) in [7, 11) is 0. The van der Waals surface area contributed by atoms with Crippen molar-refractivity contribution in [3.8, 4) is 11.4 Å². The van der Waals surface area contributed by atoms with Crippen LogP contribution in [0.15, 0.2) is 30.3 Å². The van der Waals surface area contributed by atoms with Gasteiger partial charge in [-0.05, 0) is 6.92 Å². The van der Waals surface area contributed by atoms with E-state index in [1.807, 2.05) is 41.8 Å². The second-order valence-corrected chi connectivity index (χ2v) is 4.25. The van der Waals surface area contributed by atoms with Crippen LogP contribution in [0.1, 0.15) is 17.5 Å². The number of amides is 1. The number of rotatable bonds is 2. The molecular formula is C13H14N4O. The van der Waals surface area contributed by atoms with E-state index in [0.717, 1.165) is 24.5 Å². The van der Waals surface area contributed by atoms with Crippen molar-refractivity contribution in [2.75, 3.05) is 13.1 Å². The summed E-state index contributed by atoms with van der Waals surface area (Å²) in [5, 5.41) is 8.19. The molecule has 3 rings (SSSR count). The van der Waals surface area contributed by atoms with Gasteiger partial charge in [0.1, 0.15) is 0 Å². The average molecular weight is 242 g/mol. The van der Waals surface area contributed by atoms with Gasteiger partial charge in [0.25, 0.3) is 5.91 Å². The number of nitrogens with zero attached hydrogens (tertiary/aromatic N) is 4. The van der Waals surface area contributed by atoms with Crippen LogP contribution in [0.5, 0.6) is 0 Å². The van der Waals surface area contributed by atoms with Crippen LogP contribution in [0.4, 0.5) is 0 Å². The highest BCUT2D eigenvalue weighted by Crippen LogP contribution is 2.21. The normalized spacial score (nSPS) is 14.7. The first-order chi connectivity index (χ1) is 8.81. The molecule has 5 heteroatoms. The van der Waals surface area contributed by atoms with Gasteiger partial charge in [0.05, 0.1) is 0 Å². The first kappa shape index (κ1) is 11.0. The van der Waals surface area contributed by atoms with Crippen LogP contribution in [0, 0.1) is 0 Å². The van der Waals surface area contributed by atoms with Crippen molar-refractivity contribution >= 4 is 5.91 Å². The molecule has 5 nitrogen and oxygen atoms in total. The maximum Gasteiger partial charge on any atom is 0.291 e. The van der Waals surface area contributed by atoms with E-state index in [9.17, 15) is 4.79 Å². The molecule has 0 unspecified atom stereocenters. The minimum Gasteiger partial charge on any atom is -0.334 e. The van der Waals surface area contributed by atoms with E-state index in [0.29, 0.717) is 12.4 Å². The third-order valence-corrected chi connectivity index (χ3v) is 3.24. The third kappa shape index (κ3) is 1.59. The molecule has 1 amide bonds. The molecule has 1 aromatic heterocycles. The van der Waals surface area contributed by atoms with Crippen molar-refractivity contribution in [3.05, 3.63) is 36.2 Å². The number of likely N-dealkylation sites (N-methyl/N-ethyl adjacent to an activating group) is 1. The molecular weight excluding hydrogens is 228 g/mol. The number of hydrogen-bond donors (Lipinski definition) is 0. The van der Waals surface area contributed by atoms with Crippen LogP contribution in [0.3, 0.4) is 0 Å². The summed E-state index contributed by atoms with van der Waals surface area (Å²) in [5.74, 6) is 1.19. The Bertz CT molecular complexity index is 576. The second kappa shape index (κ2) is 4.25. The van der Waals surface area contributed by atoms with E-state index >= 15 is 0 Å². The van der Waals surface area contributed by atoms with Gasteiger partial charge < -0.3 is 9.47 Å². The number of carbonyl (C=O) groups is 1. The molecule has 0 saturated heterocycles. The van der Waals surface area contributed by atoms with Crippen LogP contribution >= 0.6 is 0 Å². The van der Waals surface area contributed by atoms with E-state index in [1.54, 1.807) is 4.90 Å². The van der Waals surface area contributed by atoms with E-state index < -0.39 is 0 Å². The van der Waals surface area contributed by atoms with Crippen molar-refractivity contribution in [2.24, 2.45) is 0 Å². The lowest BCUT2D eigenvalue weighted by atomic mass is 10.2. The first-order valence-corrected chi connectivity index (χ1v) is 6.09. The summed E-state index contributed by atoms with van der Waals surface area (Å²) >= 11 is 0. The maximum atomic E-state index is 12.1. The van der Waals surface area contributed by atoms with Crippen LogP contribution in [-0.4, -0.2) is 38.7 Å². The Hall–Kier alpha value is -2.17. The SMILES string of the molecule is CCN1CCn2c(nnc2-c2ccccc2)C1=O. The molecule has 0 bridgehead atoms. The zero-order chi connectivity index (χ0) is 12.5. The van der Waals surface area contributed by atoms with Gasteiger partial charge in [-0.1, -0.05) is 30.3 Å². The number of benzene rings is 1. The Morgan fingerprint density at radius 1 is 1.11 bits per heavy atom. The molecule has 0 atom stereocenters. The Morgan fingerprint density at radius 3 is 2.56 bits per heavy atom. The van der Waals surface area contributed by atoms with Gasteiger partial charge in [0.2, 0.25) is 5.82 Å². The fourth-order valence-corrected chi connectivity index (χ4v) is 2.24. The number of hydrogen-bond acceptors (Lipinski definition) is 3. The van der Waals surface area contributed by atoms with Gasteiger partial charge in [0, 0.05) is 25.2 Å². The third-order valence-electron chi connectivity index (χ3n) is 3.24. The van der Waals surface area contributed by atoms with Gasteiger partial charge >= 0.3 is 0 Å². The summed E-state index contributed by atoms with van der Waals surface area (Å²) in [6, 6.07) is 9.84. The summed E-state index contributed by atoms with van der Waals surface area (Å²) in [6.45, 7) is 4.17. The van der Waals surface area contributed by atoms with Crippen LogP contribution in [0.25, 0.3) is 11.4 Å². The van der Waals surface area contributed by atoms with Crippen molar-refractivity contribution in [1.82, 2.24) is 19.7 Å². The Balaban J connectivity index is 2.05. The number of fused-ring (bicyclic) bond motifs is 1. The molecule has 2 aromatic rings. The second-order valence-electron chi connectivity index (χ2n) is 4.25. The molecule has 1 aliphatic rings. The molecule has 2 heterocycles. The summed E-state index contributed by atoms with van der Waals surface area (Å²) in [5.41, 5.74) is 0.994. The minimum absolute atomic E-state index is 0.0292.